The van der Waals surface area contributed by atoms with E-state index in [2.05, 4.69) is 10.6 Å². The first-order valence-corrected chi connectivity index (χ1v) is 7.80. The van der Waals surface area contributed by atoms with Crippen molar-refractivity contribution in [3.63, 3.8) is 0 Å². The lowest BCUT2D eigenvalue weighted by Gasteiger charge is -2.08. The van der Waals surface area contributed by atoms with Crippen LogP contribution < -0.4 is 10.6 Å². The van der Waals surface area contributed by atoms with Crippen molar-refractivity contribution in [2.75, 3.05) is 11.9 Å². The van der Waals surface area contributed by atoms with Gasteiger partial charge in [-0.3, -0.25) is 14.4 Å². The largest absolute Gasteiger partial charge is 0.343 e. The van der Waals surface area contributed by atoms with Crippen LogP contribution in [0, 0.1) is 36.8 Å². The summed E-state index contributed by atoms with van der Waals surface area (Å²) in [6, 6.07) is 4.60. The summed E-state index contributed by atoms with van der Waals surface area (Å²) in [5, 5.41) is 13.1. The number of hydrogen-bond donors (Lipinski definition) is 2. The van der Waals surface area contributed by atoms with E-state index in [4.69, 9.17) is 5.26 Å². The number of nitrogens with one attached hydrogen (secondary N) is 2. The Labute approximate surface area is 153 Å². The highest BCUT2D eigenvalue weighted by molar-refractivity contribution is 6.43. The molecule has 1 aromatic carbocycles. The smallest absolute Gasteiger partial charge is 0.293 e. The predicted octanol–water partition coefficient (Wildman–Crippen LogP) is 1.99. The summed E-state index contributed by atoms with van der Waals surface area (Å²) < 4.78 is 27.7. The van der Waals surface area contributed by atoms with E-state index in [1.54, 1.807) is 13.0 Å². The Morgan fingerprint density at radius 3 is 2.44 bits per heavy atom. The molecule has 140 valence electrons. The molecule has 0 atom stereocenters. The number of benzene rings is 1. The minimum absolute atomic E-state index is 0.0387. The van der Waals surface area contributed by atoms with Crippen LogP contribution in [-0.2, 0) is 11.8 Å². The molecule has 2 amide bonds. The average Bonchev–Trinajstić information content (AvgIpc) is 2.84. The molecule has 2 aromatic rings. The standard InChI is InChI=1S/C18H16F2N4O3/c1-9-14(16(25)18(27)22-7-6-21)10(2)24(3)15(9)17(26)23-11-4-5-12(19)13(20)8-11/h4-5,8H,7H2,1-3H3,(H,22,27)(H,23,26). The fourth-order valence-corrected chi connectivity index (χ4v) is 2.71. The fraction of sp³-hybridized carbons (Fsp3) is 0.222. The first-order chi connectivity index (χ1) is 12.7. The SMILES string of the molecule is Cc1c(C(=O)C(=O)NCC#N)c(C)n(C)c1C(=O)Nc1ccc(F)c(F)c1. The van der Waals surface area contributed by atoms with Gasteiger partial charge in [0.2, 0.25) is 0 Å². The van der Waals surface area contributed by atoms with E-state index in [9.17, 15) is 23.2 Å². The van der Waals surface area contributed by atoms with Crippen LogP contribution in [0.5, 0.6) is 0 Å². The highest BCUT2D eigenvalue weighted by Gasteiger charge is 2.28. The van der Waals surface area contributed by atoms with Gasteiger partial charge in [0.05, 0.1) is 11.6 Å². The van der Waals surface area contributed by atoms with Crippen molar-refractivity contribution >= 4 is 23.3 Å². The van der Waals surface area contributed by atoms with Crippen LogP contribution in [0.4, 0.5) is 14.5 Å². The number of carbonyl (C=O) groups is 3. The Morgan fingerprint density at radius 2 is 1.85 bits per heavy atom. The molecule has 0 aliphatic heterocycles. The number of anilines is 1. The molecule has 7 nitrogen and oxygen atoms in total. The van der Waals surface area contributed by atoms with Crippen molar-refractivity contribution in [1.82, 2.24) is 9.88 Å². The van der Waals surface area contributed by atoms with Crippen LogP contribution in [0.1, 0.15) is 32.1 Å². The highest BCUT2D eigenvalue weighted by Crippen LogP contribution is 2.23. The second-order valence-electron chi connectivity index (χ2n) is 5.75. The molecule has 2 N–H and O–H groups in total. The maximum absolute atomic E-state index is 13.3. The molecule has 9 heteroatoms. The number of hydrogen-bond acceptors (Lipinski definition) is 4. The zero-order valence-electron chi connectivity index (χ0n) is 14.8. The number of ketones is 1. The lowest BCUT2D eigenvalue weighted by Crippen LogP contribution is -2.31. The third kappa shape index (κ3) is 3.84. The number of carbonyl (C=O) groups excluding carboxylic acids is 3. The second kappa shape index (κ2) is 7.78. The minimum atomic E-state index is -1.11. The van der Waals surface area contributed by atoms with E-state index in [0.29, 0.717) is 5.69 Å². The first kappa shape index (κ1) is 19.8. The summed E-state index contributed by atoms with van der Waals surface area (Å²) in [5.41, 5.74) is 0.807. The molecule has 0 radical (unpaired) electrons. The van der Waals surface area contributed by atoms with Crippen molar-refractivity contribution in [1.29, 1.82) is 5.26 Å². The maximum atomic E-state index is 13.3. The molecule has 0 saturated heterocycles. The Balaban J connectivity index is 2.36. The van der Waals surface area contributed by atoms with Crippen molar-refractivity contribution in [2.45, 2.75) is 13.8 Å². The lowest BCUT2D eigenvalue weighted by atomic mass is 10.0. The van der Waals surface area contributed by atoms with Crippen molar-refractivity contribution in [3.05, 3.63) is 52.3 Å². The molecular weight excluding hydrogens is 358 g/mol. The average molecular weight is 374 g/mol. The monoisotopic (exact) mass is 374 g/mol. The number of halogens is 2. The second-order valence-corrected chi connectivity index (χ2v) is 5.75. The van der Waals surface area contributed by atoms with E-state index in [1.165, 1.54) is 24.6 Å². The van der Waals surface area contributed by atoms with Gasteiger partial charge in [-0.15, -0.1) is 0 Å². The van der Waals surface area contributed by atoms with Gasteiger partial charge in [-0.1, -0.05) is 0 Å². The van der Waals surface area contributed by atoms with Gasteiger partial charge in [0.15, 0.2) is 11.6 Å². The molecule has 0 unspecified atom stereocenters. The van der Waals surface area contributed by atoms with Gasteiger partial charge in [0, 0.05) is 24.5 Å². The van der Waals surface area contributed by atoms with E-state index in [-0.39, 0.29) is 29.1 Å². The van der Waals surface area contributed by atoms with Crippen LogP contribution >= 0.6 is 0 Å². The number of amides is 2. The highest BCUT2D eigenvalue weighted by atomic mass is 19.2. The summed E-state index contributed by atoms with van der Waals surface area (Å²) in [4.78, 5) is 36.8. The molecule has 2 rings (SSSR count). The molecule has 27 heavy (non-hydrogen) atoms. The van der Waals surface area contributed by atoms with Gasteiger partial charge in [-0.2, -0.15) is 5.26 Å². The number of rotatable bonds is 5. The number of Topliss-reactive ketones (excluding diaryl/α,β-unsaturated/α-hetero) is 1. The molecule has 0 bridgehead atoms. The van der Waals surface area contributed by atoms with Crippen LogP contribution in [0.3, 0.4) is 0 Å². The van der Waals surface area contributed by atoms with Gasteiger partial charge in [0.1, 0.15) is 12.2 Å². The Kier molecular flexibility index (Phi) is 5.70. The molecule has 1 aromatic heterocycles. The van der Waals surface area contributed by atoms with Gasteiger partial charge in [0.25, 0.3) is 17.6 Å². The molecule has 0 fully saturated rings. The van der Waals surface area contributed by atoms with Crippen LogP contribution in [-0.4, -0.2) is 28.7 Å². The quantitative estimate of drug-likeness (QED) is 0.474. The predicted molar refractivity (Wildman–Crippen MR) is 92.2 cm³/mol. The van der Waals surface area contributed by atoms with Gasteiger partial charge < -0.3 is 15.2 Å². The molecule has 0 aliphatic carbocycles. The first-order valence-electron chi connectivity index (χ1n) is 7.80. The minimum Gasteiger partial charge on any atom is -0.343 e. The number of nitriles is 1. The Morgan fingerprint density at radius 1 is 1.19 bits per heavy atom. The zero-order chi connectivity index (χ0) is 20.3. The molecule has 0 aliphatic rings. The summed E-state index contributed by atoms with van der Waals surface area (Å²) in [6.07, 6.45) is 0. The summed E-state index contributed by atoms with van der Waals surface area (Å²) in [6.45, 7) is 2.74. The summed E-state index contributed by atoms with van der Waals surface area (Å²) >= 11 is 0. The third-order valence-corrected chi connectivity index (χ3v) is 4.08. The van der Waals surface area contributed by atoms with E-state index in [0.717, 1.165) is 12.1 Å². The zero-order valence-corrected chi connectivity index (χ0v) is 14.8. The Bertz CT molecular complexity index is 989. The number of nitrogens with zero attached hydrogens (tertiary/aromatic N) is 2. The molecular formula is C18H16F2N4O3. The summed E-state index contributed by atoms with van der Waals surface area (Å²) in [7, 11) is 1.53. The van der Waals surface area contributed by atoms with Crippen molar-refractivity contribution in [2.24, 2.45) is 7.05 Å². The maximum Gasteiger partial charge on any atom is 0.293 e. The third-order valence-electron chi connectivity index (χ3n) is 4.08. The Hall–Kier alpha value is -3.54. The van der Waals surface area contributed by atoms with Crippen LogP contribution in [0.15, 0.2) is 18.2 Å². The van der Waals surface area contributed by atoms with Gasteiger partial charge >= 0.3 is 0 Å². The van der Waals surface area contributed by atoms with Gasteiger partial charge in [-0.25, -0.2) is 8.78 Å². The lowest BCUT2D eigenvalue weighted by molar-refractivity contribution is -0.116. The van der Waals surface area contributed by atoms with Crippen molar-refractivity contribution < 1.29 is 23.2 Å². The molecule has 0 spiro atoms. The molecule has 0 saturated carbocycles. The van der Waals surface area contributed by atoms with E-state index in [1.807, 2.05) is 0 Å². The fourth-order valence-electron chi connectivity index (χ4n) is 2.71. The van der Waals surface area contributed by atoms with Crippen LogP contribution in [0.25, 0.3) is 0 Å². The van der Waals surface area contributed by atoms with Gasteiger partial charge in [-0.05, 0) is 31.5 Å². The van der Waals surface area contributed by atoms with E-state index < -0.39 is 29.2 Å². The van der Waals surface area contributed by atoms with E-state index >= 15 is 0 Å². The summed E-state index contributed by atoms with van der Waals surface area (Å²) in [5.74, 6) is -4.64. The van der Waals surface area contributed by atoms with Crippen molar-refractivity contribution in [3.8, 4) is 6.07 Å². The van der Waals surface area contributed by atoms with Crippen LogP contribution in [0.2, 0.25) is 0 Å². The molecule has 1 heterocycles. The number of aromatic nitrogens is 1. The topological polar surface area (TPSA) is 104 Å². The normalized spacial score (nSPS) is 10.2.